The molecule has 0 heterocycles. The molecule has 8 heteroatoms. The highest BCUT2D eigenvalue weighted by atomic mass is 35.5. The van der Waals surface area contributed by atoms with Crippen LogP contribution < -0.4 is 0 Å². The number of carbonyl (C=O) groups is 2. The number of thioether (sulfide) groups is 2. The lowest BCUT2D eigenvalue weighted by molar-refractivity contribution is -0.134. The van der Waals surface area contributed by atoms with Crippen molar-refractivity contribution in [2.45, 2.75) is 12.8 Å². The Kier molecular flexibility index (Phi) is 20.5. The van der Waals surface area contributed by atoms with Gasteiger partial charge in [-0.2, -0.15) is 23.5 Å². The Bertz CT molecular complexity index is 173. The van der Waals surface area contributed by atoms with Gasteiger partial charge in [0, 0.05) is 0 Å². The quantitative estimate of drug-likeness (QED) is 0.636. The van der Waals surface area contributed by atoms with E-state index in [1.165, 1.54) is 23.5 Å². The van der Waals surface area contributed by atoms with Gasteiger partial charge in [-0.1, -0.05) is 0 Å². The van der Waals surface area contributed by atoms with Crippen LogP contribution in [0, 0.1) is 0 Å². The summed E-state index contributed by atoms with van der Waals surface area (Å²) in [4.78, 5) is 20.2. The molecule has 0 unspecified atom stereocenters. The third-order valence-electron chi connectivity index (χ3n) is 1.28. The van der Waals surface area contributed by atoms with Gasteiger partial charge in [0.05, 0.1) is 11.5 Å². The van der Waals surface area contributed by atoms with Crippen LogP contribution >= 0.6 is 48.3 Å². The van der Waals surface area contributed by atoms with Crippen molar-refractivity contribution >= 4 is 60.3 Å². The maximum absolute atomic E-state index is 10.1. The van der Waals surface area contributed by atoms with E-state index in [-0.39, 0.29) is 36.3 Å². The van der Waals surface area contributed by atoms with Crippen molar-refractivity contribution in [3.8, 4) is 0 Å². The second-order valence-electron chi connectivity index (χ2n) is 2.60. The molecule has 0 aromatic rings. The third-order valence-corrected chi connectivity index (χ3v) is 3.34. The summed E-state index contributed by atoms with van der Waals surface area (Å²) in [6, 6.07) is 0. The van der Waals surface area contributed by atoms with Gasteiger partial charge in [-0.15, -0.1) is 24.8 Å². The van der Waals surface area contributed by atoms with E-state index in [9.17, 15) is 9.59 Å². The smallest absolute Gasteiger partial charge is 0.313 e. The van der Waals surface area contributed by atoms with Crippen molar-refractivity contribution in [3.63, 3.8) is 0 Å². The van der Waals surface area contributed by atoms with Gasteiger partial charge in [-0.3, -0.25) is 9.59 Å². The van der Waals surface area contributed by atoms with E-state index < -0.39 is 11.9 Å². The molecule has 0 saturated heterocycles. The van der Waals surface area contributed by atoms with Gasteiger partial charge in [0.2, 0.25) is 0 Å². The minimum absolute atomic E-state index is 0. The molecule has 4 nitrogen and oxygen atoms in total. The van der Waals surface area contributed by atoms with Crippen LogP contribution in [0.1, 0.15) is 12.8 Å². The van der Waals surface area contributed by atoms with Crippen molar-refractivity contribution in [3.05, 3.63) is 0 Å². The Hall–Kier alpha value is 0.220. The average molecular weight is 311 g/mol. The number of hydrogen-bond donors (Lipinski definition) is 2. The summed E-state index contributed by atoms with van der Waals surface area (Å²) in [5, 5.41) is 16.7. The number of carboxylic acid groups (broad SMARTS) is 2. The van der Waals surface area contributed by atoms with E-state index in [0.29, 0.717) is 0 Å². The third kappa shape index (κ3) is 19.7. The Balaban J connectivity index is -0.000000845. The van der Waals surface area contributed by atoms with Crippen LogP contribution in [0.25, 0.3) is 0 Å². The molecule has 0 amide bonds. The first kappa shape index (κ1) is 21.5. The summed E-state index contributed by atoms with van der Waals surface area (Å²) in [5.74, 6) is 0.412. The van der Waals surface area contributed by atoms with Crippen LogP contribution in [-0.2, 0) is 9.59 Å². The molecule has 0 saturated carbocycles. The van der Waals surface area contributed by atoms with Gasteiger partial charge >= 0.3 is 11.9 Å². The van der Waals surface area contributed by atoms with Crippen molar-refractivity contribution in [2.24, 2.45) is 0 Å². The Morgan fingerprint density at radius 2 is 1.12 bits per heavy atom. The van der Waals surface area contributed by atoms with Crippen LogP contribution in [0.3, 0.4) is 0 Å². The molecule has 2 N–H and O–H groups in total. The fourth-order valence-corrected chi connectivity index (χ4v) is 2.18. The lowest BCUT2D eigenvalue weighted by atomic mass is 10.4. The average Bonchev–Trinajstić information content (AvgIpc) is 2.08. The van der Waals surface area contributed by atoms with E-state index in [0.717, 1.165) is 24.3 Å². The summed E-state index contributed by atoms with van der Waals surface area (Å²) in [5.41, 5.74) is 0. The van der Waals surface area contributed by atoms with Gasteiger partial charge in [-0.25, -0.2) is 0 Å². The number of hydrogen-bond acceptors (Lipinski definition) is 4. The summed E-state index contributed by atoms with van der Waals surface area (Å²) < 4.78 is 0. The number of aliphatic carboxylic acids is 2. The molecular formula is C8H16Cl2O4S2. The van der Waals surface area contributed by atoms with Crippen LogP contribution in [0.2, 0.25) is 0 Å². The van der Waals surface area contributed by atoms with E-state index in [1.54, 1.807) is 0 Å². The van der Waals surface area contributed by atoms with Crippen molar-refractivity contribution in [1.29, 1.82) is 0 Å². The molecule has 0 aliphatic heterocycles. The van der Waals surface area contributed by atoms with Gasteiger partial charge in [-0.05, 0) is 24.3 Å². The molecule has 0 atom stereocenters. The standard InChI is InChI=1S/C8H14O4S2.2ClH/c9-7(10)5-13-3-1-2-4-14-6-8(11)12;;/h1-6H2,(H,9,10)(H,11,12);2*1H. The summed E-state index contributed by atoms with van der Waals surface area (Å²) in [6.45, 7) is 0. The fourth-order valence-electron chi connectivity index (χ4n) is 0.727. The topological polar surface area (TPSA) is 74.6 Å². The zero-order valence-electron chi connectivity index (χ0n) is 8.59. The molecular weight excluding hydrogens is 295 g/mol. The predicted octanol–water partition coefficient (Wildman–Crippen LogP) is 2.25. The molecule has 0 aromatic carbocycles. The van der Waals surface area contributed by atoms with Crippen LogP contribution in [0.5, 0.6) is 0 Å². The first-order chi connectivity index (χ1) is 6.63. The fraction of sp³-hybridized carbons (Fsp3) is 0.750. The van der Waals surface area contributed by atoms with Crippen molar-refractivity contribution < 1.29 is 19.8 Å². The van der Waals surface area contributed by atoms with Gasteiger partial charge in [0.15, 0.2) is 0 Å². The largest absolute Gasteiger partial charge is 0.481 e. The van der Waals surface area contributed by atoms with E-state index in [2.05, 4.69) is 0 Å². The van der Waals surface area contributed by atoms with Crippen LogP contribution in [-0.4, -0.2) is 45.2 Å². The Morgan fingerprint density at radius 3 is 1.38 bits per heavy atom. The molecule has 0 fully saturated rings. The normalized spacial score (nSPS) is 8.75. The summed E-state index contributed by atoms with van der Waals surface area (Å²) in [7, 11) is 0. The highest BCUT2D eigenvalue weighted by Gasteiger charge is 1.98. The molecule has 0 aliphatic rings. The highest BCUT2D eigenvalue weighted by Crippen LogP contribution is 2.08. The maximum Gasteiger partial charge on any atom is 0.313 e. The van der Waals surface area contributed by atoms with Crippen LogP contribution in [0.15, 0.2) is 0 Å². The van der Waals surface area contributed by atoms with Gasteiger partial charge in [0.1, 0.15) is 0 Å². The lowest BCUT2D eigenvalue weighted by Gasteiger charge is -1.99. The molecule has 0 radical (unpaired) electrons. The number of rotatable bonds is 9. The monoisotopic (exact) mass is 310 g/mol. The minimum Gasteiger partial charge on any atom is -0.481 e. The first-order valence-electron chi connectivity index (χ1n) is 4.22. The second-order valence-corrected chi connectivity index (χ2v) is 4.81. The second kappa shape index (κ2) is 15.2. The number of carboxylic acids is 2. The molecule has 0 spiro atoms. The molecule has 16 heavy (non-hydrogen) atoms. The van der Waals surface area contributed by atoms with Gasteiger partial charge < -0.3 is 10.2 Å². The summed E-state index contributed by atoms with van der Waals surface area (Å²) in [6.07, 6.45) is 1.90. The SMILES string of the molecule is Cl.Cl.O=C(O)CSCCCCSCC(=O)O. The van der Waals surface area contributed by atoms with Gasteiger partial charge in [0.25, 0.3) is 0 Å². The molecule has 0 bridgehead atoms. The van der Waals surface area contributed by atoms with E-state index in [1.807, 2.05) is 0 Å². The number of halogens is 2. The Labute approximate surface area is 116 Å². The summed E-state index contributed by atoms with van der Waals surface area (Å²) >= 11 is 2.80. The molecule has 98 valence electrons. The zero-order valence-corrected chi connectivity index (χ0v) is 11.9. The molecule has 0 rings (SSSR count). The van der Waals surface area contributed by atoms with E-state index >= 15 is 0 Å². The zero-order chi connectivity index (χ0) is 10.8. The van der Waals surface area contributed by atoms with Crippen molar-refractivity contribution in [2.75, 3.05) is 23.0 Å². The number of unbranched alkanes of at least 4 members (excludes halogenated alkanes) is 1. The minimum atomic E-state index is -0.782. The van der Waals surface area contributed by atoms with Crippen LogP contribution in [0.4, 0.5) is 0 Å². The lowest BCUT2D eigenvalue weighted by Crippen LogP contribution is -2.00. The molecule has 0 aliphatic carbocycles. The van der Waals surface area contributed by atoms with Crippen molar-refractivity contribution in [1.82, 2.24) is 0 Å². The van der Waals surface area contributed by atoms with E-state index in [4.69, 9.17) is 10.2 Å². The Morgan fingerprint density at radius 1 is 0.812 bits per heavy atom. The highest BCUT2D eigenvalue weighted by molar-refractivity contribution is 8.00. The predicted molar refractivity (Wildman–Crippen MR) is 73.7 cm³/mol. The molecule has 0 aromatic heterocycles. The first-order valence-corrected chi connectivity index (χ1v) is 6.53. The maximum atomic E-state index is 10.1.